The Morgan fingerprint density at radius 1 is 1.13 bits per heavy atom. The first-order valence-electron chi connectivity index (χ1n) is 13.2. The molecule has 0 aromatic heterocycles. The highest BCUT2D eigenvalue weighted by molar-refractivity contribution is 6.01. The van der Waals surface area contributed by atoms with Crippen molar-refractivity contribution >= 4 is 11.8 Å². The predicted octanol–water partition coefficient (Wildman–Crippen LogP) is 5.00. The van der Waals surface area contributed by atoms with Crippen molar-refractivity contribution in [2.75, 3.05) is 27.3 Å². The number of nitrogens with zero attached hydrogens (tertiary/aromatic N) is 1. The number of benzene rings is 2. The number of likely N-dealkylation sites (N-methyl/N-ethyl adjacent to an activating group) is 1. The number of carbonyl (C=O) groups excluding carboxylic acids is 2. The fourth-order valence-corrected chi connectivity index (χ4v) is 5.43. The summed E-state index contributed by atoms with van der Waals surface area (Å²) in [6.07, 6.45) is 3.70. The van der Waals surface area contributed by atoms with Gasteiger partial charge in [-0.05, 0) is 76.0 Å². The van der Waals surface area contributed by atoms with Crippen LogP contribution in [-0.2, 0) is 14.3 Å². The third-order valence-corrected chi connectivity index (χ3v) is 7.63. The van der Waals surface area contributed by atoms with E-state index in [1.807, 2.05) is 50.2 Å². The second-order valence-electron chi connectivity index (χ2n) is 10.3. The van der Waals surface area contributed by atoms with E-state index in [1.54, 1.807) is 19.2 Å². The highest BCUT2D eigenvalue weighted by Crippen LogP contribution is 2.41. The molecule has 2 heterocycles. The zero-order chi connectivity index (χ0) is 27.2. The lowest BCUT2D eigenvalue weighted by Crippen LogP contribution is -2.33. The third kappa shape index (κ3) is 6.45. The first-order chi connectivity index (χ1) is 18.3. The molecule has 2 atom stereocenters. The van der Waals surface area contributed by atoms with Crippen molar-refractivity contribution in [3.8, 4) is 11.5 Å². The summed E-state index contributed by atoms with van der Waals surface area (Å²) in [4.78, 5) is 27.9. The van der Waals surface area contributed by atoms with Crippen LogP contribution >= 0.6 is 0 Å². The maximum Gasteiger partial charge on any atom is 0.336 e. The number of allylic oxidation sites excluding steroid dienone is 3. The van der Waals surface area contributed by atoms with Gasteiger partial charge in [-0.2, -0.15) is 0 Å². The lowest BCUT2D eigenvalue weighted by atomic mass is 9.78. The molecule has 38 heavy (non-hydrogen) atoms. The number of dihydropyridines is 1. The molecule has 5 rings (SSSR count). The van der Waals surface area contributed by atoms with Crippen LogP contribution < -0.4 is 10.1 Å². The van der Waals surface area contributed by atoms with E-state index in [4.69, 9.17) is 14.6 Å². The summed E-state index contributed by atoms with van der Waals surface area (Å²) in [7, 11) is 3.72. The molecule has 1 fully saturated rings. The lowest BCUT2D eigenvalue weighted by molar-refractivity contribution is -0.140. The van der Waals surface area contributed by atoms with Crippen molar-refractivity contribution in [1.82, 2.24) is 10.2 Å². The largest absolute Gasteiger partial charge is 0.508 e. The van der Waals surface area contributed by atoms with Crippen molar-refractivity contribution in [2.24, 2.45) is 0 Å². The molecule has 2 aliphatic heterocycles. The number of aromatic hydroxyl groups is 1. The number of hydrogen-bond donors (Lipinski definition) is 2. The summed E-state index contributed by atoms with van der Waals surface area (Å²) in [5.74, 6) is 0.993. The Morgan fingerprint density at radius 3 is 2.58 bits per heavy atom. The highest BCUT2D eigenvalue weighted by atomic mass is 16.5. The topological polar surface area (TPSA) is 88.1 Å². The molecule has 0 unspecified atom stereocenters. The Kier molecular flexibility index (Phi) is 8.89. The smallest absolute Gasteiger partial charge is 0.336 e. The number of carbonyl (C=O) groups is 2. The number of aryl methyl sites for hydroxylation is 1. The van der Waals surface area contributed by atoms with Gasteiger partial charge in [-0.1, -0.05) is 30.3 Å². The van der Waals surface area contributed by atoms with E-state index in [1.165, 1.54) is 0 Å². The van der Waals surface area contributed by atoms with E-state index in [0.29, 0.717) is 36.8 Å². The third-order valence-electron chi connectivity index (χ3n) is 7.63. The van der Waals surface area contributed by atoms with E-state index in [9.17, 15) is 9.59 Å². The van der Waals surface area contributed by atoms with Crippen molar-refractivity contribution in [3.63, 3.8) is 0 Å². The van der Waals surface area contributed by atoms with Gasteiger partial charge in [-0.3, -0.25) is 4.79 Å². The Morgan fingerprint density at radius 2 is 1.92 bits per heavy atom. The Balaban J connectivity index is 0.000000360. The summed E-state index contributed by atoms with van der Waals surface area (Å²) < 4.78 is 11.1. The normalized spacial score (nSPS) is 21.3. The van der Waals surface area contributed by atoms with Crippen LogP contribution in [0.5, 0.6) is 11.5 Å². The van der Waals surface area contributed by atoms with Gasteiger partial charge in [0, 0.05) is 41.8 Å². The number of likely N-dealkylation sites (tertiary alicyclic amines) is 1. The molecule has 0 spiro atoms. The predicted molar refractivity (Wildman–Crippen MR) is 147 cm³/mol. The van der Waals surface area contributed by atoms with E-state index in [0.717, 1.165) is 59.7 Å². The second kappa shape index (κ2) is 12.3. The summed E-state index contributed by atoms with van der Waals surface area (Å²) in [6.45, 7) is 5.28. The summed E-state index contributed by atoms with van der Waals surface area (Å²) >= 11 is 0. The summed E-state index contributed by atoms with van der Waals surface area (Å²) in [6, 6.07) is 15.3. The van der Waals surface area contributed by atoms with Gasteiger partial charge in [0.25, 0.3) is 0 Å². The zero-order valence-corrected chi connectivity index (χ0v) is 22.8. The van der Waals surface area contributed by atoms with E-state index in [2.05, 4.69) is 17.3 Å². The molecule has 2 N–H and O–H groups in total. The van der Waals surface area contributed by atoms with Gasteiger partial charge in [0.15, 0.2) is 5.78 Å². The van der Waals surface area contributed by atoms with Crippen LogP contribution in [0.3, 0.4) is 0 Å². The van der Waals surface area contributed by atoms with E-state index in [-0.39, 0.29) is 17.7 Å². The monoisotopic (exact) mass is 518 g/mol. The number of esters is 1. The van der Waals surface area contributed by atoms with Gasteiger partial charge in [-0.25, -0.2) is 4.79 Å². The molecule has 0 amide bonds. The summed E-state index contributed by atoms with van der Waals surface area (Å²) in [5.41, 5.74) is 5.13. The van der Waals surface area contributed by atoms with Gasteiger partial charge < -0.3 is 24.8 Å². The molecule has 0 saturated carbocycles. The van der Waals surface area contributed by atoms with Gasteiger partial charge in [0.1, 0.15) is 18.1 Å². The average molecular weight is 519 g/mol. The van der Waals surface area contributed by atoms with Crippen LogP contribution in [0, 0.1) is 6.92 Å². The zero-order valence-electron chi connectivity index (χ0n) is 22.8. The average Bonchev–Trinajstić information content (AvgIpc) is 3.31. The summed E-state index contributed by atoms with van der Waals surface area (Å²) in [5, 5.41) is 12.2. The second-order valence-corrected chi connectivity index (χ2v) is 10.3. The van der Waals surface area contributed by atoms with Crippen LogP contribution in [0.2, 0.25) is 0 Å². The van der Waals surface area contributed by atoms with Crippen LogP contribution in [-0.4, -0.2) is 55.1 Å². The Labute approximate surface area is 225 Å². The van der Waals surface area contributed by atoms with Crippen LogP contribution in [0.25, 0.3) is 0 Å². The van der Waals surface area contributed by atoms with Crippen molar-refractivity contribution in [2.45, 2.75) is 57.9 Å². The van der Waals surface area contributed by atoms with Crippen molar-refractivity contribution in [1.29, 1.82) is 0 Å². The number of Topliss-reactive ketones (excluding diaryl/α,β-unsaturated/α-hetero) is 1. The molecule has 1 saturated heterocycles. The highest BCUT2D eigenvalue weighted by Gasteiger charge is 2.35. The molecule has 0 bridgehead atoms. The molecule has 1 aliphatic carbocycles. The Hall–Kier alpha value is -3.58. The quantitative estimate of drug-likeness (QED) is 0.539. The van der Waals surface area contributed by atoms with Gasteiger partial charge in [0.2, 0.25) is 0 Å². The molecule has 202 valence electrons. The van der Waals surface area contributed by atoms with Gasteiger partial charge in [0.05, 0.1) is 12.7 Å². The van der Waals surface area contributed by atoms with Crippen molar-refractivity contribution < 1.29 is 24.2 Å². The number of ether oxygens (including phenoxy) is 2. The molecule has 7 heteroatoms. The van der Waals surface area contributed by atoms with E-state index >= 15 is 0 Å². The fourth-order valence-electron chi connectivity index (χ4n) is 5.43. The fraction of sp³-hybridized carbons (Fsp3) is 0.419. The molecular formula is C31H38N2O5. The molecule has 3 aliphatic rings. The number of nitrogens with one attached hydrogen (secondary N) is 1. The number of phenolic OH excluding ortho intramolecular Hbond substituents is 1. The molecule has 2 aromatic rings. The number of methoxy groups -OCH3 is 1. The number of rotatable bonds is 5. The first kappa shape index (κ1) is 27.5. The van der Waals surface area contributed by atoms with Crippen LogP contribution in [0.1, 0.15) is 56.1 Å². The number of ketones is 1. The number of para-hydroxylation sites is 1. The minimum absolute atomic E-state index is 0.0686. The molecule has 0 radical (unpaired) electrons. The van der Waals surface area contributed by atoms with Gasteiger partial charge in [-0.15, -0.1) is 0 Å². The standard InChI is InChI=1S/C24H30N2O4.C7H8O/c1-15-19(24(28)30-14-17-7-6-10-26(17)2)13-20-21(25-15)11-16(12-22(20)27)18-8-4-5-9-23(18)29-3;1-6-3-2-4-7(8)5-6/h4-5,8-9,16-17,25H,6-7,10-14H2,1-3H3;2-5,8H,1H3/t16-,17-;/m1./s1. The SMILES string of the molecule is COc1ccccc1[C@H]1CC(=O)C2=C(C1)NC(C)=C(C(=O)OC[C@H]1CCCN1C)C2.Cc1cccc(O)c1. The van der Waals surface area contributed by atoms with Gasteiger partial charge >= 0.3 is 5.97 Å². The van der Waals surface area contributed by atoms with Crippen molar-refractivity contribution in [3.05, 3.63) is 82.2 Å². The molecule has 7 nitrogen and oxygen atoms in total. The molecule has 2 aromatic carbocycles. The maximum atomic E-state index is 13.0. The van der Waals surface area contributed by atoms with Crippen LogP contribution in [0.4, 0.5) is 0 Å². The van der Waals surface area contributed by atoms with E-state index < -0.39 is 0 Å². The minimum atomic E-state index is -0.313. The Bertz CT molecular complexity index is 1230. The number of phenols is 1. The lowest BCUT2D eigenvalue weighted by Gasteiger charge is -2.32. The van der Waals surface area contributed by atoms with Crippen LogP contribution in [0.15, 0.2) is 71.1 Å². The number of hydrogen-bond acceptors (Lipinski definition) is 7. The minimum Gasteiger partial charge on any atom is -0.508 e. The maximum absolute atomic E-state index is 13.0. The first-order valence-corrected chi connectivity index (χ1v) is 13.2. The molecular weight excluding hydrogens is 480 g/mol.